The summed E-state index contributed by atoms with van der Waals surface area (Å²) in [6.45, 7) is 0. The predicted molar refractivity (Wildman–Crippen MR) is 31.6 cm³/mol. The molecule has 1 fully saturated rings. The molecule has 1 atom stereocenters. The highest BCUT2D eigenvalue weighted by Crippen LogP contribution is 2.11. The molecule has 46 valence electrons. The lowest BCUT2D eigenvalue weighted by molar-refractivity contribution is -0.138. The molecular formula is C4H7NO2S. The number of carboxylic acids is 1. The first kappa shape index (κ1) is 5.91. The van der Waals surface area contributed by atoms with E-state index in [1.54, 1.807) is 0 Å². The summed E-state index contributed by atoms with van der Waals surface area (Å²) in [7, 11) is 0. The molecule has 1 aliphatic heterocycles. The van der Waals surface area contributed by atoms with Crippen LogP contribution in [0.3, 0.4) is 0 Å². The van der Waals surface area contributed by atoms with E-state index < -0.39 is 5.97 Å². The van der Waals surface area contributed by atoms with E-state index in [0.717, 1.165) is 12.2 Å². The molecule has 0 aromatic heterocycles. The average Bonchev–Trinajstić information content (AvgIpc) is 2.12. The summed E-state index contributed by atoms with van der Waals surface area (Å²) < 4.78 is 2.77. The smallest absolute Gasteiger partial charge is 0.321 e. The molecule has 1 saturated heterocycles. The van der Waals surface area contributed by atoms with Gasteiger partial charge >= 0.3 is 5.97 Å². The van der Waals surface area contributed by atoms with Gasteiger partial charge < -0.3 is 5.11 Å². The van der Waals surface area contributed by atoms with Gasteiger partial charge in [-0.25, -0.2) is 4.72 Å². The predicted octanol–water partition coefficient (Wildman–Crippen LogP) is 0.0811. The number of carbonyl (C=O) groups is 1. The molecule has 1 aliphatic rings. The lowest BCUT2D eigenvalue weighted by Gasteiger charge is -1.98. The SMILES string of the molecule is O=C(O)C1CCSN1. The highest BCUT2D eigenvalue weighted by atomic mass is 32.2. The number of aliphatic carboxylic acids is 1. The molecular weight excluding hydrogens is 126 g/mol. The van der Waals surface area contributed by atoms with Crippen molar-refractivity contribution in [2.75, 3.05) is 5.75 Å². The molecule has 0 spiro atoms. The van der Waals surface area contributed by atoms with Gasteiger partial charge in [0.2, 0.25) is 0 Å². The normalized spacial score (nSPS) is 28.2. The van der Waals surface area contributed by atoms with Crippen LogP contribution in [0.1, 0.15) is 6.42 Å². The Morgan fingerprint density at radius 1 is 1.88 bits per heavy atom. The topological polar surface area (TPSA) is 49.3 Å². The standard InChI is InChI=1S/C4H7NO2S/c6-4(7)3-1-2-8-5-3/h3,5H,1-2H2,(H,6,7). The molecule has 8 heavy (non-hydrogen) atoms. The van der Waals surface area contributed by atoms with Crippen molar-refractivity contribution in [1.29, 1.82) is 0 Å². The van der Waals surface area contributed by atoms with Crippen LogP contribution in [0.4, 0.5) is 0 Å². The van der Waals surface area contributed by atoms with Crippen LogP contribution in [-0.4, -0.2) is 22.9 Å². The maximum absolute atomic E-state index is 10.1. The summed E-state index contributed by atoms with van der Waals surface area (Å²) in [5.41, 5.74) is 0. The van der Waals surface area contributed by atoms with Gasteiger partial charge in [-0.15, -0.1) is 0 Å². The second-order valence-corrected chi connectivity index (χ2v) is 2.58. The number of carboxylic acid groups (broad SMARTS) is 1. The Kier molecular flexibility index (Phi) is 1.75. The fourth-order valence-electron chi connectivity index (χ4n) is 0.569. The third kappa shape index (κ3) is 1.14. The third-order valence-electron chi connectivity index (χ3n) is 1.03. The van der Waals surface area contributed by atoms with Crippen LogP contribution in [0, 0.1) is 0 Å². The maximum Gasteiger partial charge on any atom is 0.321 e. The summed E-state index contributed by atoms with van der Waals surface area (Å²) in [6, 6.07) is -0.306. The van der Waals surface area contributed by atoms with Crippen LogP contribution in [0.15, 0.2) is 0 Å². The Morgan fingerprint density at radius 2 is 2.62 bits per heavy atom. The van der Waals surface area contributed by atoms with Crippen molar-refractivity contribution >= 4 is 17.9 Å². The molecule has 0 aromatic carbocycles. The summed E-state index contributed by atoms with van der Waals surface area (Å²) in [5.74, 6) is 0.173. The second-order valence-electron chi connectivity index (χ2n) is 1.65. The Bertz CT molecular complexity index is 100. The molecule has 0 amide bonds. The Labute approximate surface area is 51.6 Å². The molecule has 1 rings (SSSR count). The van der Waals surface area contributed by atoms with E-state index in [4.69, 9.17) is 5.11 Å². The molecule has 4 heteroatoms. The zero-order valence-corrected chi connectivity index (χ0v) is 5.07. The molecule has 0 aliphatic carbocycles. The molecule has 3 nitrogen and oxygen atoms in total. The van der Waals surface area contributed by atoms with Crippen LogP contribution in [0.25, 0.3) is 0 Å². The Hall–Kier alpha value is -0.220. The van der Waals surface area contributed by atoms with Crippen molar-refractivity contribution < 1.29 is 9.90 Å². The van der Waals surface area contributed by atoms with Gasteiger partial charge in [0.15, 0.2) is 0 Å². The summed E-state index contributed by atoms with van der Waals surface area (Å²) in [6.07, 6.45) is 0.750. The molecule has 2 N–H and O–H groups in total. The van der Waals surface area contributed by atoms with Crippen molar-refractivity contribution in [1.82, 2.24) is 4.72 Å². The van der Waals surface area contributed by atoms with Crippen LogP contribution in [0.2, 0.25) is 0 Å². The molecule has 0 radical (unpaired) electrons. The average molecular weight is 133 g/mol. The van der Waals surface area contributed by atoms with E-state index >= 15 is 0 Å². The van der Waals surface area contributed by atoms with Crippen LogP contribution in [0.5, 0.6) is 0 Å². The first-order valence-corrected chi connectivity index (χ1v) is 3.39. The van der Waals surface area contributed by atoms with Gasteiger partial charge in [-0.2, -0.15) is 0 Å². The molecule has 1 heterocycles. The largest absolute Gasteiger partial charge is 0.480 e. The third-order valence-corrected chi connectivity index (χ3v) is 1.92. The van der Waals surface area contributed by atoms with Crippen molar-refractivity contribution in [3.05, 3.63) is 0 Å². The number of rotatable bonds is 1. The highest BCUT2D eigenvalue weighted by molar-refractivity contribution is 7.97. The number of nitrogens with one attached hydrogen (secondary N) is 1. The monoisotopic (exact) mass is 133 g/mol. The van der Waals surface area contributed by atoms with Crippen molar-refractivity contribution in [2.45, 2.75) is 12.5 Å². The Morgan fingerprint density at radius 3 is 2.88 bits per heavy atom. The number of hydrogen-bond acceptors (Lipinski definition) is 3. The number of hydrogen-bond donors (Lipinski definition) is 2. The maximum atomic E-state index is 10.1. The fourth-order valence-corrected chi connectivity index (χ4v) is 1.46. The summed E-state index contributed by atoms with van der Waals surface area (Å²) in [5, 5.41) is 8.34. The van der Waals surface area contributed by atoms with E-state index in [1.165, 1.54) is 11.9 Å². The molecule has 0 saturated carbocycles. The zero-order chi connectivity index (χ0) is 5.98. The van der Waals surface area contributed by atoms with Gasteiger partial charge in [0.25, 0.3) is 0 Å². The summed E-state index contributed by atoms with van der Waals surface area (Å²) in [4.78, 5) is 10.1. The van der Waals surface area contributed by atoms with Gasteiger partial charge in [-0.05, 0) is 6.42 Å². The quantitative estimate of drug-likeness (QED) is 0.497. The van der Waals surface area contributed by atoms with E-state index in [1.807, 2.05) is 0 Å². The highest BCUT2D eigenvalue weighted by Gasteiger charge is 2.20. The van der Waals surface area contributed by atoms with E-state index in [-0.39, 0.29) is 6.04 Å². The minimum Gasteiger partial charge on any atom is -0.480 e. The fraction of sp³-hybridized carbons (Fsp3) is 0.750. The van der Waals surface area contributed by atoms with Gasteiger partial charge in [0.05, 0.1) is 0 Å². The van der Waals surface area contributed by atoms with Gasteiger partial charge in [0, 0.05) is 5.75 Å². The van der Waals surface area contributed by atoms with Crippen LogP contribution in [-0.2, 0) is 4.79 Å². The van der Waals surface area contributed by atoms with Crippen molar-refractivity contribution in [3.63, 3.8) is 0 Å². The minimum atomic E-state index is -0.741. The van der Waals surface area contributed by atoms with E-state index in [2.05, 4.69) is 4.72 Å². The lowest BCUT2D eigenvalue weighted by Crippen LogP contribution is -2.26. The first-order chi connectivity index (χ1) is 3.80. The van der Waals surface area contributed by atoms with Crippen LogP contribution < -0.4 is 4.72 Å². The summed E-state index contributed by atoms with van der Waals surface area (Å²) >= 11 is 1.48. The molecule has 0 aromatic rings. The molecule has 0 bridgehead atoms. The van der Waals surface area contributed by atoms with E-state index in [9.17, 15) is 4.79 Å². The minimum absolute atomic E-state index is 0.306. The second kappa shape index (κ2) is 2.37. The van der Waals surface area contributed by atoms with Gasteiger partial charge in [0.1, 0.15) is 6.04 Å². The Balaban J connectivity index is 2.35. The lowest BCUT2D eigenvalue weighted by atomic mass is 10.2. The zero-order valence-electron chi connectivity index (χ0n) is 4.26. The van der Waals surface area contributed by atoms with E-state index in [0.29, 0.717) is 0 Å². The van der Waals surface area contributed by atoms with Crippen LogP contribution >= 0.6 is 11.9 Å². The molecule has 1 unspecified atom stereocenters. The van der Waals surface area contributed by atoms with Gasteiger partial charge in [-0.1, -0.05) is 11.9 Å². The van der Waals surface area contributed by atoms with Gasteiger partial charge in [-0.3, -0.25) is 4.79 Å². The van der Waals surface area contributed by atoms with Crippen molar-refractivity contribution in [3.8, 4) is 0 Å². The van der Waals surface area contributed by atoms with Crippen molar-refractivity contribution in [2.24, 2.45) is 0 Å². The first-order valence-electron chi connectivity index (χ1n) is 2.41.